The predicted octanol–water partition coefficient (Wildman–Crippen LogP) is 5.20. The normalized spacial score (nSPS) is 10.5. The molecule has 3 aromatic rings. The van der Waals surface area contributed by atoms with E-state index in [1.54, 1.807) is 12.0 Å². The largest absolute Gasteiger partial charge is 0.496 e. The zero-order valence-corrected chi connectivity index (χ0v) is 20.2. The van der Waals surface area contributed by atoms with Crippen molar-refractivity contribution in [3.05, 3.63) is 89.0 Å². The molecule has 0 unspecified atom stereocenters. The molecule has 0 aliphatic carbocycles. The number of nitrogens with zero attached hydrogens (tertiary/aromatic N) is 1. The van der Waals surface area contributed by atoms with Crippen LogP contribution in [0.4, 0.5) is 4.79 Å². The van der Waals surface area contributed by atoms with Gasteiger partial charge in [-0.05, 0) is 47.7 Å². The number of amides is 1. The van der Waals surface area contributed by atoms with Crippen molar-refractivity contribution in [2.24, 2.45) is 0 Å². The van der Waals surface area contributed by atoms with Crippen LogP contribution in [0.3, 0.4) is 0 Å². The van der Waals surface area contributed by atoms with Crippen LogP contribution in [0.1, 0.15) is 22.3 Å². The van der Waals surface area contributed by atoms with E-state index in [9.17, 15) is 9.59 Å². The summed E-state index contributed by atoms with van der Waals surface area (Å²) in [6.07, 6.45) is 0.504. The SMILES string of the molecule is COC(=O)Cc1ccc(OC)c(-c2ccc(C)cc2CN(CCc2ccccc2)C(=O)OC)c1. The highest BCUT2D eigenvalue weighted by Crippen LogP contribution is 2.35. The van der Waals surface area contributed by atoms with Crippen LogP contribution >= 0.6 is 0 Å². The van der Waals surface area contributed by atoms with E-state index in [0.717, 1.165) is 39.8 Å². The first-order valence-corrected chi connectivity index (χ1v) is 11.2. The Bertz CT molecular complexity index is 1130. The molecule has 0 spiro atoms. The van der Waals surface area contributed by atoms with Crippen molar-refractivity contribution in [2.75, 3.05) is 27.9 Å². The zero-order valence-electron chi connectivity index (χ0n) is 20.2. The van der Waals surface area contributed by atoms with E-state index in [0.29, 0.717) is 18.8 Å². The minimum absolute atomic E-state index is 0.167. The molecule has 0 radical (unpaired) electrons. The summed E-state index contributed by atoms with van der Waals surface area (Å²) < 4.78 is 15.5. The number of aryl methyl sites for hydroxylation is 1. The molecule has 3 aromatic carbocycles. The van der Waals surface area contributed by atoms with Gasteiger partial charge in [0.1, 0.15) is 5.75 Å². The lowest BCUT2D eigenvalue weighted by atomic mass is 9.94. The first-order chi connectivity index (χ1) is 16.4. The molecule has 0 heterocycles. The Morgan fingerprint density at radius 2 is 1.59 bits per heavy atom. The number of ether oxygens (including phenoxy) is 3. The van der Waals surface area contributed by atoms with E-state index < -0.39 is 0 Å². The summed E-state index contributed by atoms with van der Waals surface area (Å²) >= 11 is 0. The van der Waals surface area contributed by atoms with Crippen molar-refractivity contribution in [1.29, 1.82) is 0 Å². The minimum Gasteiger partial charge on any atom is -0.496 e. The van der Waals surface area contributed by atoms with Gasteiger partial charge in [-0.2, -0.15) is 0 Å². The number of hydrogen-bond donors (Lipinski definition) is 0. The number of hydrogen-bond acceptors (Lipinski definition) is 5. The maximum Gasteiger partial charge on any atom is 0.409 e. The summed E-state index contributed by atoms with van der Waals surface area (Å²) in [7, 11) is 4.39. The van der Waals surface area contributed by atoms with E-state index in [4.69, 9.17) is 14.2 Å². The molecule has 0 aromatic heterocycles. The van der Waals surface area contributed by atoms with Crippen LogP contribution in [0.25, 0.3) is 11.1 Å². The summed E-state index contributed by atoms with van der Waals surface area (Å²) in [6, 6.07) is 21.8. The van der Waals surface area contributed by atoms with Gasteiger partial charge < -0.3 is 19.1 Å². The number of esters is 1. The van der Waals surface area contributed by atoms with Gasteiger partial charge >= 0.3 is 12.1 Å². The molecule has 0 saturated heterocycles. The van der Waals surface area contributed by atoms with Gasteiger partial charge in [0.05, 0.1) is 27.8 Å². The molecule has 0 aliphatic rings. The first kappa shape index (κ1) is 24.8. The molecule has 0 fully saturated rings. The molecule has 178 valence electrons. The van der Waals surface area contributed by atoms with Crippen LogP contribution in [0, 0.1) is 6.92 Å². The Kier molecular flexibility index (Phi) is 8.68. The maximum atomic E-state index is 12.6. The summed E-state index contributed by atoms with van der Waals surface area (Å²) in [5.41, 5.74) is 5.80. The van der Waals surface area contributed by atoms with Gasteiger partial charge in [-0.15, -0.1) is 0 Å². The highest BCUT2D eigenvalue weighted by atomic mass is 16.5. The molecule has 3 rings (SSSR count). The topological polar surface area (TPSA) is 65.1 Å². The number of carbonyl (C=O) groups is 2. The van der Waals surface area contributed by atoms with Crippen LogP contribution in [-0.4, -0.2) is 44.8 Å². The molecule has 6 nitrogen and oxygen atoms in total. The average molecular weight is 462 g/mol. The fourth-order valence-electron chi connectivity index (χ4n) is 3.91. The third kappa shape index (κ3) is 6.38. The van der Waals surface area contributed by atoms with Crippen LogP contribution < -0.4 is 4.74 Å². The predicted molar refractivity (Wildman–Crippen MR) is 132 cm³/mol. The fourth-order valence-corrected chi connectivity index (χ4v) is 3.91. The highest BCUT2D eigenvalue weighted by molar-refractivity contribution is 5.78. The lowest BCUT2D eigenvalue weighted by Crippen LogP contribution is -2.32. The number of rotatable bonds is 9. The molecule has 34 heavy (non-hydrogen) atoms. The number of methoxy groups -OCH3 is 3. The third-order valence-corrected chi connectivity index (χ3v) is 5.70. The van der Waals surface area contributed by atoms with Gasteiger partial charge in [0.15, 0.2) is 0 Å². The van der Waals surface area contributed by atoms with Crippen molar-refractivity contribution in [3.63, 3.8) is 0 Å². The fraction of sp³-hybridized carbons (Fsp3) is 0.286. The van der Waals surface area contributed by atoms with Gasteiger partial charge in [0.2, 0.25) is 0 Å². The molecular weight excluding hydrogens is 430 g/mol. The van der Waals surface area contributed by atoms with Gasteiger partial charge in [-0.25, -0.2) is 4.79 Å². The highest BCUT2D eigenvalue weighted by Gasteiger charge is 2.19. The van der Waals surface area contributed by atoms with Gasteiger partial charge in [0, 0.05) is 18.7 Å². The molecule has 1 amide bonds. The van der Waals surface area contributed by atoms with Gasteiger partial charge in [-0.3, -0.25) is 4.79 Å². The van der Waals surface area contributed by atoms with E-state index >= 15 is 0 Å². The second kappa shape index (κ2) is 11.9. The lowest BCUT2D eigenvalue weighted by Gasteiger charge is -2.24. The average Bonchev–Trinajstić information content (AvgIpc) is 2.86. The Balaban J connectivity index is 1.96. The third-order valence-electron chi connectivity index (χ3n) is 5.70. The standard InChI is InChI=1S/C28H31NO5/c1-20-10-12-24(25-17-22(18-27(30)33-3)11-13-26(25)32-2)23(16-20)19-29(28(31)34-4)15-14-21-8-6-5-7-9-21/h5-13,16-17H,14-15,18-19H2,1-4H3. The Labute approximate surface area is 201 Å². The second-order valence-electron chi connectivity index (χ2n) is 8.08. The zero-order chi connectivity index (χ0) is 24.5. The van der Waals surface area contributed by atoms with Crippen LogP contribution in [0.2, 0.25) is 0 Å². The lowest BCUT2D eigenvalue weighted by molar-refractivity contribution is -0.139. The van der Waals surface area contributed by atoms with Crippen molar-refractivity contribution < 1.29 is 23.8 Å². The summed E-state index contributed by atoms with van der Waals surface area (Å²) in [5.74, 6) is 0.380. The molecule has 0 N–H and O–H groups in total. The Hall–Kier alpha value is -3.80. The summed E-state index contributed by atoms with van der Waals surface area (Å²) in [4.78, 5) is 26.2. The summed E-state index contributed by atoms with van der Waals surface area (Å²) in [6.45, 7) is 2.91. The van der Waals surface area contributed by atoms with E-state index in [-0.39, 0.29) is 18.5 Å². The van der Waals surface area contributed by atoms with Crippen LogP contribution in [0.5, 0.6) is 5.75 Å². The summed E-state index contributed by atoms with van der Waals surface area (Å²) in [5, 5.41) is 0. The molecule has 0 bridgehead atoms. The maximum absolute atomic E-state index is 12.6. The number of carbonyl (C=O) groups excluding carboxylic acids is 2. The van der Waals surface area contributed by atoms with E-state index in [1.807, 2.05) is 67.6 Å². The van der Waals surface area contributed by atoms with Crippen molar-refractivity contribution >= 4 is 12.1 Å². The van der Waals surface area contributed by atoms with Crippen LogP contribution in [-0.2, 0) is 33.7 Å². The molecule has 6 heteroatoms. The smallest absolute Gasteiger partial charge is 0.409 e. The number of benzene rings is 3. The Morgan fingerprint density at radius 3 is 2.26 bits per heavy atom. The monoisotopic (exact) mass is 461 g/mol. The van der Waals surface area contributed by atoms with Gasteiger partial charge in [-0.1, -0.05) is 60.2 Å². The van der Waals surface area contributed by atoms with E-state index in [2.05, 4.69) is 6.07 Å². The first-order valence-electron chi connectivity index (χ1n) is 11.2. The molecule has 0 aliphatic heterocycles. The Morgan fingerprint density at radius 1 is 0.824 bits per heavy atom. The van der Waals surface area contributed by atoms with Crippen molar-refractivity contribution in [2.45, 2.75) is 26.3 Å². The van der Waals surface area contributed by atoms with Gasteiger partial charge in [0.25, 0.3) is 0 Å². The van der Waals surface area contributed by atoms with Crippen LogP contribution in [0.15, 0.2) is 66.7 Å². The second-order valence-corrected chi connectivity index (χ2v) is 8.08. The quantitative estimate of drug-likeness (QED) is 0.410. The molecule has 0 atom stereocenters. The molecular formula is C28H31NO5. The van der Waals surface area contributed by atoms with E-state index in [1.165, 1.54) is 14.2 Å². The van der Waals surface area contributed by atoms with Crippen molar-refractivity contribution in [1.82, 2.24) is 4.90 Å². The molecule has 0 saturated carbocycles. The minimum atomic E-state index is -0.380. The van der Waals surface area contributed by atoms with Crippen molar-refractivity contribution in [3.8, 4) is 16.9 Å².